The van der Waals surface area contributed by atoms with Crippen molar-refractivity contribution in [3.05, 3.63) is 29.3 Å². The van der Waals surface area contributed by atoms with Crippen molar-refractivity contribution in [3.8, 4) is 0 Å². The summed E-state index contributed by atoms with van der Waals surface area (Å²) in [6, 6.07) is 5.85. The Labute approximate surface area is 71.3 Å². The van der Waals surface area contributed by atoms with Gasteiger partial charge in [-0.15, -0.1) is 11.6 Å². The monoisotopic (exact) mass is 170 g/mol. The topological polar surface area (TPSA) is 38.0 Å². The van der Waals surface area contributed by atoms with Gasteiger partial charge in [0.15, 0.2) is 0 Å². The molecule has 0 saturated heterocycles. The number of halogens is 1. The molecule has 0 amide bonds. The molecule has 1 rings (SSSR count). The highest BCUT2D eigenvalue weighted by molar-refractivity contribution is 6.17. The van der Waals surface area contributed by atoms with Crippen molar-refractivity contribution in [3.63, 3.8) is 0 Å². The summed E-state index contributed by atoms with van der Waals surface area (Å²) >= 11 is 5.68. The first-order valence-corrected chi connectivity index (χ1v) is 3.93. The van der Waals surface area contributed by atoms with E-state index in [1.54, 1.807) is 0 Å². The van der Waals surface area contributed by atoms with Crippen molar-refractivity contribution >= 4 is 17.3 Å². The summed E-state index contributed by atoms with van der Waals surface area (Å²) in [6.45, 7) is 2.01. The molecule has 0 unspecified atom stereocenters. The fourth-order valence-corrected chi connectivity index (χ4v) is 1.24. The van der Waals surface area contributed by atoms with Gasteiger partial charge in [-0.1, -0.05) is 6.07 Å². The van der Waals surface area contributed by atoms with Gasteiger partial charge in [0.1, 0.15) is 0 Å². The van der Waals surface area contributed by atoms with Crippen molar-refractivity contribution < 1.29 is 0 Å². The number of hydrazine groups is 1. The Morgan fingerprint density at radius 3 is 2.73 bits per heavy atom. The number of hydrogen-bond donors (Lipinski definition) is 2. The van der Waals surface area contributed by atoms with Crippen molar-refractivity contribution in [2.75, 3.05) is 5.43 Å². The Morgan fingerprint density at radius 1 is 1.55 bits per heavy atom. The summed E-state index contributed by atoms with van der Waals surface area (Å²) in [5, 5.41) is 0. The molecule has 0 aromatic heterocycles. The quantitative estimate of drug-likeness (QED) is 0.405. The smallest absolute Gasteiger partial charge is 0.0487 e. The maximum atomic E-state index is 5.68. The average molecular weight is 171 g/mol. The zero-order valence-electron chi connectivity index (χ0n) is 6.39. The number of benzene rings is 1. The van der Waals surface area contributed by atoms with E-state index < -0.39 is 0 Å². The maximum Gasteiger partial charge on any atom is 0.0487 e. The minimum Gasteiger partial charge on any atom is -0.324 e. The van der Waals surface area contributed by atoms with E-state index in [9.17, 15) is 0 Å². The summed E-state index contributed by atoms with van der Waals surface area (Å²) in [4.78, 5) is 0. The Morgan fingerprint density at radius 2 is 2.27 bits per heavy atom. The predicted octanol–water partition coefficient (Wildman–Crippen LogP) is 2.02. The van der Waals surface area contributed by atoms with E-state index in [2.05, 4.69) is 5.43 Å². The molecule has 0 atom stereocenters. The molecule has 0 fully saturated rings. The van der Waals surface area contributed by atoms with Crippen LogP contribution in [-0.4, -0.2) is 0 Å². The highest BCUT2D eigenvalue weighted by Crippen LogP contribution is 2.15. The summed E-state index contributed by atoms with van der Waals surface area (Å²) in [7, 11) is 0. The third-order valence-electron chi connectivity index (χ3n) is 1.65. The number of aryl methyl sites for hydroxylation is 1. The van der Waals surface area contributed by atoms with Crippen LogP contribution in [0.1, 0.15) is 11.1 Å². The minimum absolute atomic E-state index is 0.552. The SMILES string of the molecule is Cc1cc(NN)ccc1CCl. The van der Waals surface area contributed by atoms with Gasteiger partial charge in [-0.3, -0.25) is 5.84 Å². The standard InChI is InChI=1S/C8H11ClN2/c1-6-4-8(11-10)3-2-7(6)5-9/h2-4,11H,5,10H2,1H3. The first kappa shape index (κ1) is 8.37. The lowest BCUT2D eigenvalue weighted by molar-refractivity contribution is 1.27. The zero-order chi connectivity index (χ0) is 8.27. The largest absolute Gasteiger partial charge is 0.324 e. The lowest BCUT2D eigenvalue weighted by atomic mass is 10.1. The van der Waals surface area contributed by atoms with Crippen LogP contribution in [0.15, 0.2) is 18.2 Å². The van der Waals surface area contributed by atoms with Gasteiger partial charge in [0.05, 0.1) is 0 Å². The molecule has 60 valence electrons. The molecule has 0 spiro atoms. The number of anilines is 1. The Bertz CT molecular complexity index is 248. The van der Waals surface area contributed by atoms with E-state index in [4.69, 9.17) is 17.4 Å². The van der Waals surface area contributed by atoms with Crippen LogP contribution >= 0.6 is 11.6 Å². The van der Waals surface area contributed by atoms with Crippen LogP contribution in [0, 0.1) is 6.92 Å². The van der Waals surface area contributed by atoms with Crippen molar-refractivity contribution in [1.29, 1.82) is 0 Å². The van der Waals surface area contributed by atoms with E-state index in [1.165, 1.54) is 0 Å². The molecule has 0 aliphatic carbocycles. The molecule has 0 aliphatic heterocycles. The Balaban J connectivity index is 2.99. The van der Waals surface area contributed by atoms with Crippen molar-refractivity contribution in [2.24, 2.45) is 5.84 Å². The number of hydrogen-bond acceptors (Lipinski definition) is 2. The maximum absolute atomic E-state index is 5.68. The first-order chi connectivity index (χ1) is 5.27. The van der Waals surface area contributed by atoms with Crippen LogP contribution in [0.25, 0.3) is 0 Å². The van der Waals surface area contributed by atoms with E-state index in [0.29, 0.717) is 5.88 Å². The molecule has 0 radical (unpaired) electrons. The van der Waals surface area contributed by atoms with E-state index in [1.807, 2.05) is 25.1 Å². The third-order valence-corrected chi connectivity index (χ3v) is 1.94. The average Bonchev–Trinajstić information content (AvgIpc) is 2.04. The van der Waals surface area contributed by atoms with Gasteiger partial charge in [0.2, 0.25) is 0 Å². The molecular formula is C8H11ClN2. The lowest BCUT2D eigenvalue weighted by Gasteiger charge is -2.04. The zero-order valence-corrected chi connectivity index (χ0v) is 7.15. The molecule has 1 aromatic rings. The first-order valence-electron chi connectivity index (χ1n) is 3.40. The fraction of sp³-hybridized carbons (Fsp3) is 0.250. The molecule has 3 N–H and O–H groups in total. The van der Waals surface area contributed by atoms with Crippen LogP contribution < -0.4 is 11.3 Å². The second kappa shape index (κ2) is 3.60. The normalized spacial score (nSPS) is 9.73. The second-order valence-electron chi connectivity index (χ2n) is 2.42. The highest BCUT2D eigenvalue weighted by atomic mass is 35.5. The molecule has 0 aliphatic rings. The summed E-state index contributed by atoms with van der Waals surface area (Å²) in [6.07, 6.45) is 0. The van der Waals surface area contributed by atoms with Crippen LogP contribution in [-0.2, 0) is 5.88 Å². The van der Waals surface area contributed by atoms with Crippen molar-refractivity contribution in [2.45, 2.75) is 12.8 Å². The third kappa shape index (κ3) is 1.85. The Hall–Kier alpha value is -0.730. The summed E-state index contributed by atoms with van der Waals surface area (Å²) in [5.41, 5.74) is 5.80. The predicted molar refractivity (Wildman–Crippen MR) is 48.5 cm³/mol. The summed E-state index contributed by atoms with van der Waals surface area (Å²) in [5.74, 6) is 5.78. The molecule has 0 saturated carbocycles. The second-order valence-corrected chi connectivity index (χ2v) is 2.69. The van der Waals surface area contributed by atoms with Gasteiger partial charge in [-0.25, -0.2) is 0 Å². The van der Waals surface area contributed by atoms with Crippen LogP contribution in [0.4, 0.5) is 5.69 Å². The molecule has 0 bridgehead atoms. The summed E-state index contributed by atoms with van der Waals surface area (Å²) < 4.78 is 0. The van der Waals surface area contributed by atoms with Gasteiger partial charge in [0.25, 0.3) is 0 Å². The van der Waals surface area contributed by atoms with Gasteiger partial charge in [-0.2, -0.15) is 0 Å². The molecular weight excluding hydrogens is 160 g/mol. The Kier molecular flexibility index (Phi) is 2.74. The van der Waals surface area contributed by atoms with Crippen LogP contribution in [0.2, 0.25) is 0 Å². The number of rotatable bonds is 2. The van der Waals surface area contributed by atoms with Crippen LogP contribution in [0.5, 0.6) is 0 Å². The van der Waals surface area contributed by atoms with E-state index in [-0.39, 0.29) is 0 Å². The van der Waals surface area contributed by atoms with Crippen molar-refractivity contribution in [1.82, 2.24) is 0 Å². The molecule has 2 nitrogen and oxygen atoms in total. The number of nitrogens with one attached hydrogen (secondary N) is 1. The highest BCUT2D eigenvalue weighted by Gasteiger charge is 1.96. The number of nitrogen functional groups attached to an aromatic ring is 1. The number of nitrogens with two attached hydrogens (primary N) is 1. The van der Waals surface area contributed by atoms with Gasteiger partial charge >= 0.3 is 0 Å². The molecule has 3 heteroatoms. The minimum atomic E-state index is 0.552. The molecule has 11 heavy (non-hydrogen) atoms. The fourth-order valence-electron chi connectivity index (χ4n) is 0.936. The molecule has 1 aromatic carbocycles. The number of alkyl halides is 1. The van der Waals surface area contributed by atoms with Gasteiger partial charge in [0, 0.05) is 11.6 Å². The van der Waals surface area contributed by atoms with E-state index in [0.717, 1.165) is 16.8 Å². The van der Waals surface area contributed by atoms with Gasteiger partial charge < -0.3 is 5.43 Å². The lowest BCUT2D eigenvalue weighted by Crippen LogP contribution is -2.06. The van der Waals surface area contributed by atoms with Crippen LogP contribution in [0.3, 0.4) is 0 Å². The molecule has 0 heterocycles. The van der Waals surface area contributed by atoms with Gasteiger partial charge in [-0.05, 0) is 30.2 Å². The van der Waals surface area contributed by atoms with E-state index >= 15 is 0 Å².